The van der Waals surface area contributed by atoms with Crippen molar-refractivity contribution in [3.8, 4) is 11.5 Å². The molecule has 0 saturated heterocycles. The molecule has 0 saturated carbocycles. The zero-order valence-corrected chi connectivity index (χ0v) is 17.9. The summed E-state index contributed by atoms with van der Waals surface area (Å²) in [7, 11) is 3.44. The van der Waals surface area contributed by atoms with E-state index in [1.165, 1.54) is 11.8 Å². The fraction of sp³-hybridized carbons (Fsp3) is 0.250. The normalized spacial score (nSPS) is 10.6. The van der Waals surface area contributed by atoms with Crippen molar-refractivity contribution in [1.82, 2.24) is 14.8 Å². The lowest BCUT2D eigenvalue weighted by molar-refractivity contribution is -0.113. The Bertz CT molecular complexity index is 1010. The summed E-state index contributed by atoms with van der Waals surface area (Å²) < 4.78 is 13.0. The number of hydrogen-bond donors (Lipinski definition) is 1. The van der Waals surface area contributed by atoms with Crippen molar-refractivity contribution in [2.24, 2.45) is 7.05 Å². The predicted octanol–water partition coefficient (Wildman–Crippen LogP) is 4.10. The van der Waals surface area contributed by atoms with E-state index in [0.29, 0.717) is 33.2 Å². The molecule has 9 heteroatoms. The highest BCUT2D eigenvalue weighted by Crippen LogP contribution is 2.28. The van der Waals surface area contributed by atoms with Crippen LogP contribution < -0.4 is 14.8 Å². The van der Waals surface area contributed by atoms with Gasteiger partial charge in [-0.05, 0) is 42.8 Å². The van der Waals surface area contributed by atoms with Crippen LogP contribution >= 0.6 is 23.4 Å². The van der Waals surface area contributed by atoms with Gasteiger partial charge >= 0.3 is 0 Å². The quantitative estimate of drug-likeness (QED) is 0.540. The van der Waals surface area contributed by atoms with Crippen molar-refractivity contribution in [2.45, 2.75) is 18.7 Å². The predicted molar refractivity (Wildman–Crippen MR) is 114 cm³/mol. The molecule has 0 bridgehead atoms. The van der Waals surface area contributed by atoms with E-state index in [2.05, 4.69) is 15.5 Å². The SMILES string of the molecule is COc1cc(C)ccc1OCc1nnc(SCC(=O)Nc2cccc(Cl)c2)n1C. The minimum atomic E-state index is -0.151. The van der Waals surface area contributed by atoms with E-state index in [0.717, 1.165) is 5.56 Å². The van der Waals surface area contributed by atoms with Crippen LogP contribution in [0, 0.1) is 6.92 Å². The Kier molecular flexibility index (Phi) is 7.00. The molecule has 1 N–H and O–H groups in total. The molecule has 3 aromatic rings. The zero-order valence-electron chi connectivity index (χ0n) is 16.3. The van der Waals surface area contributed by atoms with Gasteiger partial charge in [0, 0.05) is 17.8 Å². The first-order valence-electron chi connectivity index (χ1n) is 8.80. The number of rotatable bonds is 8. The number of carbonyl (C=O) groups is 1. The number of ether oxygens (including phenoxy) is 2. The highest BCUT2D eigenvalue weighted by molar-refractivity contribution is 7.99. The third kappa shape index (κ3) is 5.65. The molecule has 0 atom stereocenters. The topological polar surface area (TPSA) is 78.3 Å². The second-order valence-corrected chi connectivity index (χ2v) is 7.63. The summed E-state index contributed by atoms with van der Waals surface area (Å²) >= 11 is 7.22. The smallest absolute Gasteiger partial charge is 0.234 e. The molecular formula is C20H21ClN4O3S. The van der Waals surface area contributed by atoms with Crippen molar-refractivity contribution in [1.29, 1.82) is 0 Å². The Morgan fingerprint density at radius 2 is 2.03 bits per heavy atom. The Labute approximate surface area is 178 Å². The molecular weight excluding hydrogens is 412 g/mol. The number of aryl methyl sites for hydroxylation is 1. The number of carbonyl (C=O) groups excluding carboxylic acids is 1. The lowest BCUT2D eigenvalue weighted by Crippen LogP contribution is -2.14. The number of halogens is 1. The zero-order chi connectivity index (χ0) is 20.8. The number of thioether (sulfide) groups is 1. The highest BCUT2D eigenvalue weighted by Gasteiger charge is 2.13. The third-order valence-corrected chi connectivity index (χ3v) is 5.30. The standard InChI is InChI=1S/C20H21ClN4O3S/c1-13-7-8-16(17(9-13)27-3)28-11-18-23-24-20(25(18)2)29-12-19(26)22-15-6-4-5-14(21)10-15/h4-10H,11-12H2,1-3H3,(H,22,26). The third-order valence-electron chi connectivity index (χ3n) is 4.04. The molecule has 0 aliphatic heterocycles. The van der Waals surface area contributed by atoms with E-state index in [9.17, 15) is 4.79 Å². The van der Waals surface area contributed by atoms with Crippen LogP contribution in [0.25, 0.3) is 0 Å². The second kappa shape index (κ2) is 9.67. The van der Waals surface area contributed by atoms with Crippen molar-refractivity contribution in [2.75, 3.05) is 18.2 Å². The van der Waals surface area contributed by atoms with Gasteiger partial charge in [0.25, 0.3) is 0 Å². The first-order valence-corrected chi connectivity index (χ1v) is 10.2. The van der Waals surface area contributed by atoms with E-state index < -0.39 is 0 Å². The minimum Gasteiger partial charge on any atom is -0.493 e. The number of benzene rings is 2. The van der Waals surface area contributed by atoms with Crippen molar-refractivity contribution < 1.29 is 14.3 Å². The Hall–Kier alpha value is -2.71. The molecule has 1 heterocycles. The molecule has 2 aromatic carbocycles. The van der Waals surface area contributed by atoms with Crippen LogP contribution in [0.15, 0.2) is 47.6 Å². The molecule has 0 spiro atoms. The van der Waals surface area contributed by atoms with Crippen LogP contribution in [-0.2, 0) is 18.4 Å². The van der Waals surface area contributed by atoms with E-state index >= 15 is 0 Å². The van der Waals surface area contributed by atoms with E-state index in [1.807, 2.05) is 32.2 Å². The molecule has 3 rings (SSSR count). The second-order valence-electron chi connectivity index (χ2n) is 6.25. The molecule has 152 valence electrons. The first-order chi connectivity index (χ1) is 14.0. The van der Waals surface area contributed by atoms with Gasteiger partial charge in [-0.2, -0.15) is 0 Å². The maximum Gasteiger partial charge on any atom is 0.234 e. The van der Waals surface area contributed by atoms with Gasteiger partial charge < -0.3 is 19.4 Å². The molecule has 0 unspecified atom stereocenters. The highest BCUT2D eigenvalue weighted by atomic mass is 35.5. The number of nitrogens with one attached hydrogen (secondary N) is 1. The summed E-state index contributed by atoms with van der Waals surface area (Å²) in [5, 5.41) is 12.3. The van der Waals surface area contributed by atoms with Gasteiger partial charge in [0.05, 0.1) is 12.9 Å². The number of methoxy groups -OCH3 is 1. The molecule has 0 aliphatic carbocycles. The fourth-order valence-electron chi connectivity index (χ4n) is 2.53. The average molecular weight is 433 g/mol. The lowest BCUT2D eigenvalue weighted by atomic mass is 10.2. The molecule has 1 aromatic heterocycles. The summed E-state index contributed by atoms with van der Waals surface area (Å²) in [5.74, 6) is 1.99. The van der Waals surface area contributed by atoms with Crippen LogP contribution in [0.4, 0.5) is 5.69 Å². The van der Waals surface area contributed by atoms with Gasteiger partial charge in [0.1, 0.15) is 6.61 Å². The van der Waals surface area contributed by atoms with Crippen LogP contribution in [-0.4, -0.2) is 33.5 Å². The minimum absolute atomic E-state index is 0.151. The molecule has 0 aliphatic rings. The van der Waals surface area contributed by atoms with Gasteiger partial charge in [-0.15, -0.1) is 10.2 Å². The summed E-state index contributed by atoms with van der Waals surface area (Å²) in [6.45, 7) is 2.22. The van der Waals surface area contributed by atoms with Gasteiger partial charge in [-0.25, -0.2) is 0 Å². The summed E-state index contributed by atoms with van der Waals surface area (Å²) in [5.41, 5.74) is 1.74. The van der Waals surface area contributed by atoms with E-state index in [4.69, 9.17) is 21.1 Å². The van der Waals surface area contributed by atoms with Crippen LogP contribution in [0.2, 0.25) is 5.02 Å². The van der Waals surface area contributed by atoms with Gasteiger partial charge in [0.15, 0.2) is 22.5 Å². The van der Waals surface area contributed by atoms with Crippen LogP contribution in [0.3, 0.4) is 0 Å². The Morgan fingerprint density at radius 1 is 1.21 bits per heavy atom. The molecule has 1 amide bonds. The molecule has 7 nitrogen and oxygen atoms in total. The fourth-order valence-corrected chi connectivity index (χ4v) is 3.45. The Morgan fingerprint density at radius 3 is 2.79 bits per heavy atom. The summed E-state index contributed by atoms with van der Waals surface area (Å²) in [4.78, 5) is 12.2. The number of amides is 1. The van der Waals surface area contributed by atoms with Gasteiger partial charge in [0.2, 0.25) is 5.91 Å². The van der Waals surface area contributed by atoms with Gasteiger partial charge in [-0.3, -0.25) is 4.79 Å². The van der Waals surface area contributed by atoms with Crippen molar-refractivity contribution in [3.63, 3.8) is 0 Å². The molecule has 0 radical (unpaired) electrons. The van der Waals surface area contributed by atoms with E-state index in [-0.39, 0.29) is 18.3 Å². The maximum absolute atomic E-state index is 12.2. The average Bonchev–Trinajstić information content (AvgIpc) is 3.05. The molecule has 0 fully saturated rings. The van der Waals surface area contributed by atoms with E-state index in [1.54, 1.807) is 35.9 Å². The van der Waals surface area contributed by atoms with Crippen LogP contribution in [0.1, 0.15) is 11.4 Å². The molecule has 29 heavy (non-hydrogen) atoms. The summed E-state index contributed by atoms with van der Waals surface area (Å²) in [6.07, 6.45) is 0. The first kappa shape index (κ1) is 21.0. The maximum atomic E-state index is 12.2. The van der Waals surface area contributed by atoms with Crippen LogP contribution in [0.5, 0.6) is 11.5 Å². The van der Waals surface area contributed by atoms with Crippen molar-refractivity contribution >= 4 is 35.0 Å². The number of anilines is 1. The van der Waals surface area contributed by atoms with Gasteiger partial charge in [-0.1, -0.05) is 35.5 Å². The number of aromatic nitrogens is 3. The van der Waals surface area contributed by atoms with Crippen molar-refractivity contribution in [3.05, 3.63) is 58.9 Å². The lowest BCUT2D eigenvalue weighted by Gasteiger charge is -2.11. The monoisotopic (exact) mass is 432 g/mol. The number of nitrogens with zero attached hydrogens (tertiary/aromatic N) is 3. The largest absolute Gasteiger partial charge is 0.493 e. The number of hydrogen-bond acceptors (Lipinski definition) is 6. The Balaban J connectivity index is 1.56. The summed E-state index contributed by atoms with van der Waals surface area (Å²) in [6, 6.07) is 12.7.